The molecular formula is C14H13ClFNO2. The highest BCUT2D eigenvalue weighted by atomic mass is 35.5. The molecule has 0 amide bonds. The number of hydrogen-bond acceptors (Lipinski definition) is 3. The van der Waals surface area contributed by atoms with E-state index in [1.807, 2.05) is 0 Å². The summed E-state index contributed by atoms with van der Waals surface area (Å²) in [7, 11) is 0. The lowest BCUT2D eigenvalue weighted by molar-refractivity contribution is 0.211. The molecule has 0 heterocycles. The zero-order valence-corrected chi connectivity index (χ0v) is 10.9. The van der Waals surface area contributed by atoms with E-state index in [0.717, 1.165) is 0 Å². The highest BCUT2D eigenvalue weighted by molar-refractivity contribution is 6.33. The van der Waals surface area contributed by atoms with Gasteiger partial charge in [-0.15, -0.1) is 0 Å². The van der Waals surface area contributed by atoms with E-state index in [1.165, 1.54) is 6.07 Å². The Balaban J connectivity index is 1.81. The third-order valence-electron chi connectivity index (χ3n) is 2.41. The van der Waals surface area contributed by atoms with Gasteiger partial charge in [0.2, 0.25) is 0 Å². The molecule has 0 fully saturated rings. The second kappa shape index (κ2) is 6.29. The largest absolute Gasteiger partial charge is 0.490 e. The Morgan fingerprint density at radius 1 is 1.05 bits per heavy atom. The first-order chi connectivity index (χ1) is 9.16. The van der Waals surface area contributed by atoms with E-state index in [4.69, 9.17) is 26.8 Å². The molecule has 19 heavy (non-hydrogen) atoms. The molecule has 0 aliphatic rings. The van der Waals surface area contributed by atoms with Crippen molar-refractivity contribution in [2.75, 3.05) is 18.9 Å². The van der Waals surface area contributed by atoms with E-state index in [-0.39, 0.29) is 19.0 Å². The Morgan fingerprint density at radius 3 is 2.53 bits per heavy atom. The summed E-state index contributed by atoms with van der Waals surface area (Å²) in [5, 5.41) is 0.481. The Morgan fingerprint density at radius 2 is 1.79 bits per heavy atom. The van der Waals surface area contributed by atoms with E-state index in [1.54, 1.807) is 36.4 Å². The van der Waals surface area contributed by atoms with Crippen molar-refractivity contribution >= 4 is 17.3 Å². The van der Waals surface area contributed by atoms with E-state index in [9.17, 15) is 4.39 Å². The maximum Gasteiger partial charge on any atom is 0.165 e. The van der Waals surface area contributed by atoms with Gasteiger partial charge in [-0.2, -0.15) is 0 Å². The molecule has 0 saturated heterocycles. The van der Waals surface area contributed by atoms with Crippen LogP contribution in [0.25, 0.3) is 0 Å². The molecule has 0 spiro atoms. The molecule has 2 aromatic rings. The highest BCUT2D eigenvalue weighted by Crippen LogP contribution is 2.23. The van der Waals surface area contributed by atoms with Gasteiger partial charge in [0.05, 0.1) is 10.7 Å². The summed E-state index contributed by atoms with van der Waals surface area (Å²) in [6.07, 6.45) is 0. The fraction of sp³-hybridized carbons (Fsp3) is 0.143. The first kappa shape index (κ1) is 13.5. The Bertz CT molecular complexity index is 563. The third-order valence-corrected chi connectivity index (χ3v) is 2.76. The normalized spacial score (nSPS) is 10.2. The molecule has 2 aromatic carbocycles. The van der Waals surface area contributed by atoms with Crippen LogP contribution in [0.4, 0.5) is 10.1 Å². The van der Waals surface area contributed by atoms with Gasteiger partial charge in [0, 0.05) is 6.07 Å². The van der Waals surface area contributed by atoms with Crippen molar-refractivity contribution in [3.05, 3.63) is 53.3 Å². The molecular weight excluding hydrogens is 269 g/mol. The molecule has 0 aliphatic carbocycles. The summed E-state index contributed by atoms with van der Waals surface area (Å²) in [5.74, 6) is 0.416. The van der Waals surface area contributed by atoms with Crippen molar-refractivity contribution in [3.8, 4) is 11.5 Å². The molecule has 0 aliphatic heterocycles. The second-order valence-electron chi connectivity index (χ2n) is 3.81. The topological polar surface area (TPSA) is 44.5 Å². The average molecular weight is 282 g/mol. The quantitative estimate of drug-likeness (QED) is 0.674. The maximum absolute atomic E-state index is 13.2. The molecule has 0 bridgehead atoms. The van der Waals surface area contributed by atoms with Gasteiger partial charge in [-0.1, -0.05) is 23.7 Å². The van der Waals surface area contributed by atoms with Gasteiger partial charge in [-0.3, -0.25) is 0 Å². The molecule has 0 saturated carbocycles. The van der Waals surface area contributed by atoms with Crippen LogP contribution in [0.15, 0.2) is 42.5 Å². The van der Waals surface area contributed by atoms with E-state index in [0.29, 0.717) is 16.5 Å². The lowest BCUT2D eigenvalue weighted by atomic mass is 10.3. The minimum absolute atomic E-state index is 0.210. The van der Waals surface area contributed by atoms with Gasteiger partial charge in [0.25, 0.3) is 0 Å². The SMILES string of the molecule is Nc1cc(OCCOc2ccccc2F)ccc1Cl. The summed E-state index contributed by atoms with van der Waals surface area (Å²) >= 11 is 5.79. The molecule has 0 radical (unpaired) electrons. The van der Waals surface area contributed by atoms with Crippen molar-refractivity contribution in [1.29, 1.82) is 0 Å². The Hall–Kier alpha value is -1.94. The molecule has 2 N–H and O–H groups in total. The summed E-state index contributed by atoms with van der Waals surface area (Å²) in [6, 6.07) is 11.2. The lowest BCUT2D eigenvalue weighted by Gasteiger charge is -2.09. The van der Waals surface area contributed by atoms with Crippen LogP contribution in [-0.2, 0) is 0 Å². The van der Waals surface area contributed by atoms with Crippen LogP contribution >= 0.6 is 11.6 Å². The fourth-order valence-electron chi connectivity index (χ4n) is 1.48. The van der Waals surface area contributed by atoms with Gasteiger partial charge < -0.3 is 15.2 Å². The zero-order chi connectivity index (χ0) is 13.7. The number of nitrogen functional groups attached to an aromatic ring is 1. The van der Waals surface area contributed by atoms with Gasteiger partial charge in [-0.25, -0.2) is 4.39 Å². The van der Waals surface area contributed by atoms with E-state index < -0.39 is 5.82 Å². The highest BCUT2D eigenvalue weighted by Gasteiger charge is 2.02. The monoisotopic (exact) mass is 281 g/mol. The predicted molar refractivity (Wildman–Crippen MR) is 73.3 cm³/mol. The number of nitrogens with two attached hydrogens (primary N) is 1. The van der Waals surface area contributed by atoms with E-state index >= 15 is 0 Å². The van der Waals surface area contributed by atoms with Crippen LogP contribution in [-0.4, -0.2) is 13.2 Å². The Kier molecular flexibility index (Phi) is 4.47. The summed E-state index contributed by atoms with van der Waals surface area (Å²) in [4.78, 5) is 0. The van der Waals surface area contributed by atoms with Gasteiger partial charge >= 0.3 is 0 Å². The number of benzene rings is 2. The predicted octanol–water partition coefficient (Wildman–Crippen LogP) is 3.52. The van der Waals surface area contributed by atoms with Crippen molar-refractivity contribution in [2.24, 2.45) is 0 Å². The fourth-order valence-corrected chi connectivity index (χ4v) is 1.60. The molecule has 5 heteroatoms. The molecule has 0 unspecified atom stereocenters. The zero-order valence-electron chi connectivity index (χ0n) is 10.1. The second-order valence-corrected chi connectivity index (χ2v) is 4.22. The summed E-state index contributed by atoms with van der Waals surface area (Å²) in [6.45, 7) is 0.527. The third kappa shape index (κ3) is 3.76. The summed E-state index contributed by atoms with van der Waals surface area (Å²) < 4.78 is 23.9. The van der Waals surface area contributed by atoms with Crippen molar-refractivity contribution in [2.45, 2.75) is 0 Å². The van der Waals surface area contributed by atoms with Crippen molar-refractivity contribution in [1.82, 2.24) is 0 Å². The smallest absolute Gasteiger partial charge is 0.165 e. The number of para-hydroxylation sites is 1. The first-order valence-corrected chi connectivity index (χ1v) is 6.10. The Labute approximate surface area is 115 Å². The minimum atomic E-state index is -0.391. The summed E-state index contributed by atoms with van der Waals surface area (Å²) in [5.41, 5.74) is 6.10. The number of anilines is 1. The molecule has 2 rings (SSSR count). The molecule has 0 aromatic heterocycles. The van der Waals surface area contributed by atoms with Gasteiger partial charge in [0.15, 0.2) is 11.6 Å². The molecule has 3 nitrogen and oxygen atoms in total. The van der Waals surface area contributed by atoms with Crippen LogP contribution in [0.5, 0.6) is 11.5 Å². The van der Waals surface area contributed by atoms with Crippen molar-refractivity contribution < 1.29 is 13.9 Å². The van der Waals surface area contributed by atoms with E-state index in [2.05, 4.69) is 0 Å². The standard InChI is InChI=1S/C14H13ClFNO2/c15-11-6-5-10(9-13(11)17)18-7-8-19-14-4-2-1-3-12(14)16/h1-6,9H,7-8,17H2. The van der Waals surface area contributed by atoms with Crippen LogP contribution in [0.2, 0.25) is 5.02 Å². The van der Waals surface area contributed by atoms with Crippen LogP contribution in [0.3, 0.4) is 0 Å². The minimum Gasteiger partial charge on any atom is -0.490 e. The number of rotatable bonds is 5. The van der Waals surface area contributed by atoms with Crippen molar-refractivity contribution in [3.63, 3.8) is 0 Å². The lowest BCUT2D eigenvalue weighted by Crippen LogP contribution is -2.09. The first-order valence-electron chi connectivity index (χ1n) is 5.72. The van der Waals surface area contributed by atoms with Gasteiger partial charge in [-0.05, 0) is 24.3 Å². The van der Waals surface area contributed by atoms with Gasteiger partial charge in [0.1, 0.15) is 19.0 Å². The van der Waals surface area contributed by atoms with Crippen LogP contribution < -0.4 is 15.2 Å². The number of halogens is 2. The van der Waals surface area contributed by atoms with Crippen LogP contribution in [0, 0.1) is 5.82 Å². The molecule has 0 atom stereocenters. The number of ether oxygens (including phenoxy) is 2. The average Bonchev–Trinajstić information content (AvgIpc) is 2.40. The maximum atomic E-state index is 13.2. The number of hydrogen-bond donors (Lipinski definition) is 1. The van der Waals surface area contributed by atoms with Crippen LogP contribution in [0.1, 0.15) is 0 Å². The molecule has 100 valence electrons.